The van der Waals surface area contributed by atoms with E-state index < -0.39 is 10.0 Å². The molecule has 0 amide bonds. The number of nitrogens with one attached hydrogen (secondary N) is 2. The van der Waals surface area contributed by atoms with Crippen LogP contribution in [0.15, 0.2) is 34.2 Å². The van der Waals surface area contributed by atoms with Gasteiger partial charge in [-0.1, -0.05) is 18.2 Å². The zero-order chi connectivity index (χ0) is 21.5. The molecule has 0 radical (unpaired) electrons. The molecule has 0 aromatic heterocycles. The summed E-state index contributed by atoms with van der Waals surface area (Å²) in [6.45, 7) is 10.7. The van der Waals surface area contributed by atoms with E-state index in [2.05, 4.69) is 40.6 Å². The molecule has 164 valence electrons. The monoisotopic (exact) mass is 441 g/mol. The molecule has 2 rings (SSSR count). The fraction of sp³-hybridized carbons (Fsp3) is 0.650. The van der Waals surface area contributed by atoms with Gasteiger partial charge in [0.15, 0.2) is 5.96 Å². The van der Waals surface area contributed by atoms with Crippen LogP contribution in [0.3, 0.4) is 0 Å². The maximum atomic E-state index is 13.2. The number of sulfonamides is 1. The molecular weight excluding hydrogens is 406 g/mol. The molecule has 9 heteroatoms. The van der Waals surface area contributed by atoms with Crippen LogP contribution < -0.4 is 10.6 Å². The second-order valence-corrected chi connectivity index (χ2v) is 11.2. The Morgan fingerprint density at radius 1 is 1.17 bits per heavy atom. The van der Waals surface area contributed by atoms with Gasteiger partial charge in [-0.3, -0.25) is 0 Å². The summed E-state index contributed by atoms with van der Waals surface area (Å²) in [6.07, 6.45) is 2.09. The van der Waals surface area contributed by atoms with Crippen molar-refractivity contribution in [1.82, 2.24) is 19.8 Å². The Morgan fingerprint density at radius 2 is 1.83 bits per heavy atom. The number of hydrogen-bond donors (Lipinski definition) is 2. The molecule has 7 nitrogen and oxygen atoms in total. The van der Waals surface area contributed by atoms with Crippen LogP contribution in [0.25, 0.3) is 0 Å². The highest BCUT2D eigenvalue weighted by Crippen LogP contribution is 2.22. The van der Waals surface area contributed by atoms with Crippen LogP contribution in [-0.2, 0) is 16.6 Å². The molecule has 0 spiro atoms. The lowest BCUT2D eigenvalue weighted by Crippen LogP contribution is -2.47. The zero-order valence-electron chi connectivity index (χ0n) is 18.2. The number of thioether (sulfide) groups is 1. The summed E-state index contributed by atoms with van der Waals surface area (Å²) in [5.74, 6) is 0.696. The molecule has 0 bridgehead atoms. The van der Waals surface area contributed by atoms with Gasteiger partial charge in [0.1, 0.15) is 0 Å². The van der Waals surface area contributed by atoms with Gasteiger partial charge < -0.3 is 15.5 Å². The lowest BCUT2D eigenvalue weighted by atomic mass is 10.2. The molecule has 29 heavy (non-hydrogen) atoms. The highest BCUT2D eigenvalue weighted by Gasteiger charge is 2.29. The summed E-state index contributed by atoms with van der Waals surface area (Å²) >= 11 is 1.79. The highest BCUT2D eigenvalue weighted by molar-refractivity contribution is 7.99. The standard InChI is InChI=1S/C20H35N5O2S2/c1-6-21-19(23-16-20(2,3)28-5)22-15-17-9-7-8-10-18(17)29(26,27)25-13-11-24(4)12-14-25/h7-10H,6,11-16H2,1-5H3,(H2,21,22,23). The summed E-state index contributed by atoms with van der Waals surface area (Å²) in [4.78, 5) is 7.15. The first kappa shape index (κ1) is 24.0. The number of nitrogens with zero attached hydrogens (tertiary/aromatic N) is 3. The number of guanidine groups is 1. The molecule has 0 saturated carbocycles. The summed E-state index contributed by atoms with van der Waals surface area (Å²) in [7, 11) is -1.51. The van der Waals surface area contributed by atoms with Gasteiger partial charge in [-0.15, -0.1) is 0 Å². The Bertz CT molecular complexity index is 788. The molecule has 0 aliphatic carbocycles. The van der Waals surface area contributed by atoms with Gasteiger partial charge in [0.2, 0.25) is 10.0 Å². The predicted octanol–water partition coefficient (Wildman–Crippen LogP) is 1.82. The number of rotatable bonds is 8. The third-order valence-corrected chi connectivity index (χ3v) is 8.29. The van der Waals surface area contributed by atoms with Gasteiger partial charge >= 0.3 is 0 Å². The summed E-state index contributed by atoms with van der Waals surface area (Å²) in [5, 5.41) is 6.60. The van der Waals surface area contributed by atoms with Crippen molar-refractivity contribution in [3.8, 4) is 0 Å². The smallest absolute Gasteiger partial charge is 0.243 e. The van der Waals surface area contributed by atoms with Crippen molar-refractivity contribution in [2.75, 3.05) is 52.6 Å². The third kappa shape index (κ3) is 6.87. The maximum absolute atomic E-state index is 13.2. The van der Waals surface area contributed by atoms with Gasteiger partial charge in [-0.05, 0) is 45.7 Å². The number of piperazine rings is 1. The lowest BCUT2D eigenvalue weighted by Gasteiger charge is -2.32. The Balaban J connectivity index is 2.19. The van der Waals surface area contributed by atoms with Crippen LogP contribution in [0, 0.1) is 0 Å². The topological polar surface area (TPSA) is 77.0 Å². The van der Waals surface area contributed by atoms with Crippen molar-refractivity contribution in [3.63, 3.8) is 0 Å². The minimum absolute atomic E-state index is 0.0822. The molecule has 0 unspecified atom stereocenters. The zero-order valence-corrected chi connectivity index (χ0v) is 19.9. The van der Waals surface area contributed by atoms with E-state index in [0.29, 0.717) is 36.1 Å². The predicted molar refractivity (Wildman–Crippen MR) is 123 cm³/mol. The van der Waals surface area contributed by atoms with E-state index >= 15 is 0 Å². The van der Waals surface area contributed by atoms with Crippen LogP contribution in [0.4, 0.5) is 0 Å². The lowest BCUT2D eigenvalue weighted by molar-refractivity contribution is 0.222. The largest absolute Gasteiger partial charge is 0.357 e. The molecule has 1 saturated heterocycles. The Kier molecular flexibility index (Phi) is 8.81. The van der Waals surface area contributed by atoms with E-state index in [0.717, 1.165) is 26.2 Å². The van der Waals surface area contributed by atoms with Crippen molar-refractivity contribution in [1.29, 1.82) is 0 Å². The molecular formula is C20H35N5O2S2. The van der Waals surface area contributed by atoms with Gasteiger partial charge in [-0.25, -0.2) is 13.4 Å². The molecule has 1 aromatic carbocycles. The molecule has 1 aliphatic rings. The summed E-state index contributed by atoms with van der Waals surface area (Å²) in [5.41, 5.74) is 0.716. The van der Waals surface area contributed by atoms with E-state index in [9.17, 15) is 8.42 Å². The highest BCUT2D eigenvalue weighted by atomic mass is 32.2. The molecule has 1 fully saturated rings. The SMILES string of the molecule is CCNC(=NCc1ccccc1S(=O)(=O)N1CCN(C)CC1)NCC(C)(C)SC. The van der Waals surface area contributed by atoms with Crippen LogP contribution in [0.5, 0.6) is 0 Å². The fourth-order valence-corrected chi connectivity index (χ4v) is 4.78. The van der Waals surface area contributed by atoms with E-state index in [1.165, 1.54) is 0 Å². The van der Waals surface area contributed by atoms with Crippen molar-refractivity contribution in [2.45, 2.75) is 37.0 Å². The van der Waals surface area contributed by atoms with Gasteiger partial charge in [-0.2, -0.15) is 16.1 Å². The molecule has 1 aliphatic heterocycles. The van der Waals surface area contributed by atoms with Crippen molar-refractivity contribution >= 4 is 27.7 Å². The minimum Gasteiger partial charge on any atom is -0.357 e. The van der Waals surface area contributed by atoms with E-state index in [4.69, 9.17) is 0 Å². The Morgan fingerprint density at radius 3 is 2.45 bits per heavy atom. The van der Waals surface area contributed by atoms with E-state index in [1.54, 1.807) is 28.2 Å². The summed E-state index contributed by atoms with van der Waals surface area (Å²) < 4.78 is 28.1. The second-order valence-electron chi connectivity index (χ2n) is 7.83. The number of likely N-dealkylation sites (N-methyl/N-ethyl adjacent to an activating group) is 1. The number of aliphatic imine (C=N–C) groups is 1. The average molecular weight is 442 g/mol. The van der Waals surface area contributed by atoms with Crippen molar-refractivity contribution < 1.29 is 8.42 Å². The van der Waals surface area contributed by atoms with Gasteiger partial charge in [0, 0.05) is 44.0 Å². The van der Waals surface area contributed by atoms with Crippen LogP contribution in [0.2, 0.25) is 0 Å². The first-order valence-electron chi connectivity index (χ1n) is 10.0. The molecule has 1 aromatic rings. The first-order chi connectivity index (χ1) is 13.7. The van der Waals surface area contributed by atoms with Crippen LogP contribution >= 0.6 is 11.8 Å². The summed E-state index contributed by atoms with van der Waals surface area (Å²) in [6, 6.07) is 7.18. The van der Waals surface area contributed by atoms with Gasteiger partial charge in [0.25, 0.3) is 0 Å². The minimum atomic E-state index is -3.52. The van der Waals surface area contributed by atoms with Crippen molar-refractivity contribution in [2.24, 2.45) is 4.99 Å². The van der Waals surface area contributed by atoms with Gasteiger partial charge in [0.05, 0.1) is 11.4 Å². The molecule has 0 atom stereocenters. The van der Waals surface area contributed by atoms with Crippen molar-refractivity contribution in [3.05, 3.63) is 29.8 Å². The maximum Gasteiger partial charge on any atom is 0.243 e. The van der Waals surface area contributed by atoms with E-state index in [-0.39, 0.29) is 4.75 Å². The second kappa shape index (κ2) is 10.7. The molecule has 2 N–H and O–H groups in total. The number of hydrogen-bond acceptors (Lipinski definition) is 5. The Hall–Kier alpha value is -1.29. The van der Waals surface area contributed by atoms with Crippen LogP contribution in [0.1, 0.15) is 26.3 Å². The fourth-order valence-electron chi connectivity index (χ4n) is 2.93. The average Bonchev–Trinajstić information content (AvgIpc) is 2.70. The first-order valence-corrected chi connectivity index (χ1v) is 12.7. The molecule has 1 heterocycles. The third-order valence-electron chi connectivity index (χ3n) is 5.04. The Labute approximate surface area is 180 Å². The quantitative estimate of drug-likeness (QED) is 0.473. The normalized spacial score (nSPS) is 17.3. The number of benzene rings is 1. The van der Waals surface area contributed by atoms with E-state index in [1.807, 2.05) is 26.1 Å². The van der Waals surface area contributed by atoms with Crippen LogP contribution in [-0.4, -0.2) is 80.9 Å².